The van der Waals surface area contributed by atoms with Crippen molar-refractivity contribution >= 4 is 5.91 Å². The molecule has 0 aliphatic heterocycles. The molecular weight excluding hydrogens is 416 g/mol. The summed E-state index contributed by atoms with van der Waals surface area (Å²) in [6, 6.07) is 6.55. The molecule has 30 heavy (non-hydrogen) atoms. The van der Waals surface area contributed by atoms with Crippen molar-refractivity contribution in [3.63, 3.8) is 0 Å². The first kappa shape index (κ1) is 21.3. The van der Waals surface area contributed by atoms with Crippen LogP contribution in [0.5, 0.6) is 0 Å². The second-order valence-corrected chi connectivity index (χ2v) is 6.43. The van der Waals surface area contributed by atoms with Crippen LogP contribution in [0.15, 0.2) is 47.0 Å². The van der Waals surface area contributed by atoms with E-state index in [1.54, 1.807) is 0 Å². The zero-order valence-corrected chi connectivity index (χ0v) is 15.2. The number of nitrogens with zero attached hydrogens (tertiary/aromatic N) is 2. The molecule has 1 amide bonds. The second-order valence-electron chi connectivity index (χ2n) is 6.43. The highest BCUT2D eigenvalue weighted by Crippen LogP contribution is 2.39. The largest absolute Gasteiger partial charge is 0.416 e. The molecular formula is C19H13F6N3O2. The Balaban J connectivity index is 2.04. The summed E-state index contributed by atoms with van der Waals surface area (Å²) in [7, 11) is 0. The predicted octanol–water partition coefficient (Wildman–Crippen LogP) is 4.70. The van der Waals surface area contributed by atoms with Crippen molar-refractivity contribution in [3.05, 3.63) is 70.9 Å². The molecule has 2 N–H and O–H groups in total. The number of aromatic nitrogens is 2. The fraction of sp³-hybridized carbons (Fsp3) is 0.211. The van der Waals surface area contributed by atoms with Gasteiger partial charge in [0, 0.05) is 0 Å². The first-order valence-corrected chi connectivity index (χ1v) is 8.35. The van der Waals surface area contributed by atoms with Gasteiger partial charge in [0.25, 0.3) is 0 Å². The smallest absolute Gasteiger partial charge is 0.369 e. The third-order valence-corrected chi connectivity index (χ3v) is 4.24. The molecule has 0 aliphatic carbocycles. The molecule has 1 atom stereocenters. The lowest BCUT2D eigenvalue weighted by Gasteiger charge is -2.15. The van der Waals surface area contributed by atoms with Gasteiger partial charge in [0.05, 0.1) is 11.1 Å². The fourth-order valence-corrected chi connectivity index (χ4v) is 2.85. The summed E-state index contributed by atoms with van der Waals surface area (Å²) in [5.41, 5.74) is 2.62. The zero-order chi connectivity index (χ0) is 22.3. The van der Waals surface area contributed by atoms with E-state index in [9.17, 15) is 31.1 Å². The minimum absolute atomic E-state index is 0.0545. The van der Waals surface area contributed by atoms with Gasteiger partial charge in [-0.25, -0.2) is 0 Å². The Bertz CT molecular complexity index is 1040. The monoisotopic (exact) mass is 429 g/mol. The SMILES string of the molecule is Cc1noc(C(C(N)=O)c2ccc(-c3cc(C(F)(F)F)cc(C(F)(F)F)c3)cc2)n1. The Hall–Kier alpha value is -3.37. The highest BCUT2D eigenvalue weighted by atomic mass is 19.4. The summed E-state index contributed by atoms with van der Waals surface area (Å²) >= 11 is 0. The molecule has 1 unspecified atom stereocenters. The highest BCUT2D eigenvalue weighted by molar-refractivity contribution is 5.84. The van der Waals surface area contributed by atoms with E-state index in [1.807, 2.05) is 0 Å². The minimum atomic E-state index is -4.96. The molecule has 158 valence electrons. The molecule has 0 saturated heterocycles. The Morgan fingerprint density at radius 2 is 1.47 bits per heavy atom. The van der Waals surface area contributed by atoms with E-state index in [4.69, 9.17) is 10.3 Å². The van der Waals surface area contributed by atoms with Crippen LogP contribution in [0.25, 0.3) is 11.1 Å². The standard InChI is InChI=1S/C19H13F6N3O2/c1-9-27-17(30-28-9)15(16(26)29)11-4-2-10(3-5-11)12-6-13(18(20,21)22)8-14(7-12)19(23,24)25/h2-8,15H,1H3,(H2,26,29). The van der Waals surface area contributed by atoms with Gasteiger partial charge in [0.15, 0.2) is 5.82 Å². The third kappa shape index (κ3) is 4.44. The molecule has 3 rings (SSSR count). The number of aryl methyl sites for hydroxylation is 1. The van der Waals surface area contributed by atoms with Gasteiger partial charge in [0.1, 0.15) is 5.92 Å². The fourth-order valence-electron chi connectivity index (χ4n) is 2.85. The molecule has 1 heterocycles. The van der Waals surface area contributed by atoms with Gasteiger partial charge in [-0.1, -0.05) is 29.4 Å². The third-order valence-electron chi connectivity index (χ3n) is 4.24. The van der Waals surface area contributed by atoms with Gasteiger partial charge in [-0.15, -0.1) is 0 Å². The molecule has 11 heteroatoms. The molecule has 0 aliphatic rings. The van der Waals surface area contributed by atoms with E-state index in [0.717, 1.165) is 0 Å². The van der Waals surface area contributed by atoms with Crippen molar-refractivity contribution in [3.8, 4) is 11.1 Å². The zero-order valence-electron chi connectivity index (χ0n) is 15.2. The second kappa shape index (κ2) is 7.47. The Labute approximate surface area is 165 Å². The topological polar surface area (TPSA) is 82.0 Å². The number of carbonyl (C=O) groups excluding carboxylic acids is 1. The van der Waals surface area contributed by atoms with Crippen LogP contribution in [0.2, 0.25) is 0 Å². The number of hydrogen-bond donors (Lipinski definition) is 1. The predicted molar refractivity (Wildman–Crippen MR) is 92.0 cm³/mol. The molecule has 0 spiro atoms. The average molecular weight is 429 g/mol. The van der Waals surface area contributed by atoms with Crippen LogP contribution < -0.4 is 5.73 Å². The van der Waals surface area contributed by atoms with E-state index in [1.165, 1.54) is 31.2 Å². The lowest BCUT2D eigenvalue weighted by Crippen LogP contribution is -2.22. The summed E-state index contributed by atoms with van der Waals surface area (Å²) in [5.74, 6) is -1.75. The molecule has 0 saturated carbocycles. The van der Waals surface area contributed by atoms with Gasteiger partial charge >= 0.3 is 12.4 Å². The lowest BCUT2D eigenvalue weighted by molar-refractivity contribution is -0.143. The number of nitrogens with two attached hydrogens (primary N) is 1. The molecule has 5 nitrogen and oxygen atoms in total. The minimum Gasteiger partial charge on any atom is -0.369 e. The van der Waals surface area contributed by atoms with E-state index in [2.05, 4.69) is 10.1 Å². The molecule has 0 fully saturated rings. The van der Waals surface area contributed by atoms with Crippen molar-refractivity contribution in [1.82, 2.24) is 10.1 Å². The lowest BCUT2D eigenvalue weighted by atomic mass is 9.94. The van der Waals surface area contributed by atoms with Crippen molar-refractivity contribution in [2.45, 2.75) is 25.2 Å². The van der Waals surface area contributed by atoms with E-state index < -0.39 is 35.3 Å². The average Bonchev–Trinajstić information content (AvgIpc) is 3.06. The maximum absolute atomic E-state index is 13.1. The van der Waals surface area contributed by atoms with Crippen LogP contribution in [0.4, 0.5) is 26.3 Å². The molecule has 0 bridgehead atoms. The van der Waals surface area contributed by atoms with E-state index >= 15 is 0 Å². The van der Waals surface area contributed by atoms with Crippen LogP contribution >= 0.6 is 0 Å². The molecule has 0 radical (unpaired) electrons. The highest BCUT2D eigenvalue weighted by Gasteiger charge is 2.37. The van der Waals surface area contributed by atoms with E-state index in [0.29, 0.717) is 12.1 Å². The van der Waals surface area contributed by atoms with Crippen molar-refractivity contribution < 1.29 is 35.7 Å². The molecule has 1 aromatic heterocycles. The summed E-state index contributed by atoms with van der Waals surface area (Å²) in [6.45, 7) is 1.53. The number of halogens is 6. The summed E-state index contributed by atoms with van der Waals surface area (Å²) in [6.07, 6.45) is -9.91. The number of amides is 1. The van der Waals surface area contributed by atoms with Gasteiger partial charge < -0.3 is 10.3 Å². The van der Waals surface area contributed by atoms with Crippen LogP contribution in [0, 0.1) is 6.92 Å². The maximum Gasteiger partial charge on any atom is 0.416 e. The van der Waals surface area contributed by atoms with Crippen molar-refractivity contribution in [1.29, 1.82) is 0 Å². The Morgan fingerprint density at radius 3 is 1.87 bits per heavy atom. The molecule has 2 aromatic carbocycles. The van der Waals surface area contributed by atoms with Gasteiger partial charge in [-0.05, 0) is 41.8 Å². The number of benzene rings is 2. The quantitative estimate of drug-likeness (QED) is 0.610. The number of hydrogen-bond acceptors (Lipinski definition) is 4. The first-order chi connectivity index (χ1) is 13.9. The number of carbonyl (C=O) groups is 1. The Kier molecular flexibility index (Phi) is 5.31. The van der Waals surface area contributed by atoms with Crippen LogP contribution in [-0.2, 0) is 17.1 Å². The van der Waals surface area contributed by atoms with E-state index in [-0.39, 0.29) is 34.5 Å². The normalized spacial score (nSPS) is 13.3. The first-order valence-electron chi connectivity index (χ1n) is 8.35. The van der Waals surface area contributed by atoms with Crippen molar-refractivity contribution in [2.24, 2.45) is 5.73 Å². The summed E-state index contributed by atoms with van der Waals surface area (Å²) < 4.78 is 83.3. The summed E-state index contributed by atoms with van der Waals surface area (Å²) in [4.78, 5) is 15.8. The number of rotatable bonds is 4. The van der Waals surface area contributed by atoms with Crippen molar-refractivity contribution in [2.75, 3.05) is 0 Å². The number of primary amides is 1. The van der Waals surface area contributed by atoms with Crippen LogP contribution in [0.1, 0.15) is 34.3 Å². The molecule has 3 aromatic rings. The van der Waals surface area contributed by atoms with Gasteiger partial charge in [-0.3, -0.25) is 4.79 Å². The van der Waals surface area contributed by atoms with Gasteiger partial charge in [-0.2, -0.15) is 31.3 Å². The van der Waals surface area contributed by atoms with Crippen LogP contribution in [-0.4, -0.2) is 16.0 Å². The number of alkyl halides is 6. The van der Waals surface area contributed by atoms with Crippen LogP contribution in [0.3, 0.4) is 0 Å². The van der Waals surface area contributed by atoms with Gasteiger partial charge in [0.2, 0.25) is 11.8 Å². The Morgan fingerprint density at radius 1 is 0.933 bits per heavy atom. The maximum atomic E-state index is 13.1. The summed E-state index contributed by atoms with van der Waals surface area (Å²) in [5, 5.41) is 3.57.